The van der Waals surface area contributed by atoms with Gasteiger partial charge in [0.05, 0.1) is 6.04 Å². The first-order valence-electron chi connectivity index (χ1n) is 13.7. The Morgan fingerprint density at radius 1 is 1.00 bits per heavy atom. The third-order valence-electron chi connectivity index (χ3n) is 8.79. The number of urea groups is 1. The van der Waals surface area contributed by atoms with Gasteiger partial charge in [-0.3, -0.25) is 4.79 Å². The average molecular weight is 527 g/mol. The van der Waals surface area contributed by atoms with Crippen molar-refractivity contribution >= 4 is 23.3 Å². The van der Waals surface area contributed by atoms with E-state index in [-0.39, 0.29) is 41.9 Å². The van der Waals surface area contributed by atoms with Crippen molar-refractivity contribution in [1.29, 1.82) is 0 Å². The molecule has 0 spiro atoms. The van der Waals surface area contributed by atoms with E-state index in [1.54, 1.807) is 23.6 Å². The van der Waals surface area contributed by atoms with Gasteiger partial charge >= 0.3 is 6.03 Å². The first kappa shape index (κ1) is 24.6. The van der Waals surface area contributed by atoms with Crippen molar-refractivity contribution in [1.82, 2.24) is 20.9 Å². The normalized spacial score (nSPS) is 32.1. The molecular weight excluding hydrogens is 491 g/mol. The van der Waals surface area contributed by atoms with Crippen LogP contribution in [0.5, 0.6) is 5.75 Å². The van der Waals surface area contributed by atoms with Crippen molar-refractivity contribution in [3.8, 4) is 5.75 Å². The van der Waals surface area contributed by atoms with Crippen molar-refractivity contribution in [2.24, 2.45) is 17.8 Å². The van der Waals surface area contributed by atoms with Crippen LogP contribution in [-0.2, 0) is 6.61 Å². The number of hydrogen-bond acceptors (Lipinski definition) is 5. The lowest BCUT2D eigenvalue weighted by Gasteiger charge is -2.56. The number of carbonyl (C=O) groups excluding carboxylic acids is 2. The van der Waals surface area contributed by atoms with E-state index < -0.39 is 5.82 Å². The molecule has 3 amide bonds. The van der Waals surface area contributed by atoms with Gasteiger partial charge < -0.3 is 20.7 Å². The molecule has 2 atom stereocenters. The van der Waals surface area contributed by atoms with Crippen molar-refractivity contribution in [2.75, 3.05) is 0 Å². The van der Waals surface area contributed by atoms with Crippen molar-refractivity contribution in [3.05, 3.63) is 46.2 Å². The van der Waals surface area contributed by atoms with Crippen LogP contribution in [0.3, 0.4) is 0 Å². The summed E-state index contributed by atoms with van der Waals surface area (Å²) in [5.74, 6) is 1.79. The molecule has 9 heteroatoms. The second-order valence-corrected chi connectivity index (χ2v) is 12.6. The molecule has 1 aromatic carbocycles. The molecule has 5 aliphatic carbocycles. The highest BCUT2D eigenvalue weighted by Gasteiger charge is 2.51. The Labute approximate surface area is 221 Å². The summed E-state index contributed by atoms with van der Waals surface area (Å²) in [6, 6.07) is 5.89. The Kier molecular flexibility index (Phi) is 6.82. The maximum atomic E-state index is 13.8. The molecule has 7 nitrogen and oxygen atoms in total. The second-order valence-electron chi connectivity index (χ2n) is 11.6. The zero-order chi connectivity index (χ0) is 25.4. The van der Waals surface area contributed by atoms with Gasteiger partial charge in [0.15, 0.2) is 11.6 Å². The first-order chi connectivity index (χ1) is 17.9. The minimum Gasteiger partial charge on any atom is -0.483 e. The van der Waals surface area contributed by atoms with E-state index in [1.165, 1.54) is 36.7 Å². The number of hydrogen-bond donors (Lipinski definition) is 3. The highest BCUT2D eigenvalue weighted by Crippen LogP contribution is 2.55. The maximum absolute atomic E-state index is 13.8. The molecule has 3 N–H and O–H groups in total. The highest BCUT2D eigenvalue weighted by molar-refractivity contribution is 7.09. The number of ether oxygens (including phenoxy) is 1. The minimum absolute atomic E-state index is 0.0338. The van der Waals surface area contributed by atoms with Crippen LogP contribution in [0, 0.1) is 23.6 Å². The third-order valence-corrected chi connectivity index (χ3v) is 9.61. The van der Waals surface area contributed by atoms with E-state index in [9.17, 15) is 14.0 Å². The molecule has 1 heterocycles. The van der Waals surface area contributed by atoms with Crippen LogP contribution in [0.25, 0.3) is 0 Å². The highest BCUT2D eigenvalue weighted by atomic mass is 32.1. The Balaban J connectivity index is 1.03. The summed E-state index contributed by atoms with van der Waals surface area (Å²) >= 11 is 1.31. The number of benzene rings is 1. The lowest BCUT2D eigenvalue weighted by Crippen LogP contribution is -2.63. The Bertz CT molecular complexity index is 1120. The van der Waals surface area contributed by atoms with Crippen LogP contribution in [0.4, 0.5) is 9.18 Å². The number of halogens is 1. The average Bonchev–Trinajstić information content (AvgIpc) is 3.33. The number of aromatic nitrogens is 1. The fraction of sp³-hybridized carbons (Fsp3) is 0.607. The lowest BCUT2D eigenvalue weighted by atomic mass is 9.53. The quantitative estimate of drug-likeness (QED) is 0.464. The number of para-hydroxylation sites is 1. The molecule has 7 rings (SSSR count). The zero-order valence-electron chi connectivity index (χ0n) is 21.0. The summed E-state index contributed by atoms with van der Waals surface area (Å²) in [7, 11) is 0. The van der Waals surface area contributed by atoms with Crippen LogP contribution in [0.15, 0.2) is 29.6 Å². The number of carbonyl (C=O) groups is 2. The molecule has 0 aliphatic heterocycles. The predicted octanol–water partition coefficient (Wildman–Crippen LogP) is 5.17. The van der Waals surface area contributed by atoms with Gasteiger partial charge in [-0.15, -0.1) is 11.3 Å². The largest absolute Gasteiger partial charge is 0.483 e. The molecular formula is C28H35FN4O3S. The third kappa shape index (κ3) is 5.47. The van der Waals surface area contributed by atoms with Gasteiger partial charge in [0.2, 0.25) is 0 Å². The molecule has 37 heavy (non-hydrogen) atoms. The smallest absolute Gasteiger partial charge is 0.315 e. The topological polar surface area (TPSA) is 92.4 Å². The number of nitrogens with one attached hydrogen (secondary N) is 3. The van der Waals surface area contributed by atoms with Crippen LogP contribution >= 0.6 is 11.3 Å². The summed E-state index contributed by atoms with van der Waals surface area (Å²) in [5, 5.41) is 12.0. The van der Waals surface area contributed by atoms with Crippen LogP contribution in [0.2, 0.25) is 0 Å². The van der Waals surface area contributed by atoms with E-state index in [1.807, 2.05) is 0 Å². The van der Waals surface area contributed by atoms with Gasteiger partial charge in [0.25, 0.3) is 5.91 Å². The number of thiazole rings is 1. The molecule has 1 aromatic heterocycles. The van der Waals surface area contributed by atoms with Crippen molar-refractivity contribution in [2.45, 2.75) is 88.4 Å². The van der Waals surface area contributed by atoms with Gasteiger partial charge in [0, 0.05) is 17.0 Å². The van der Waals surface area contributed by atoms with E-state index >= 15 is 0 Å². The Hall–Kier alpha value is -2.68. The predicted molar refractivity (Wildman–Crippen MR) is 139 cm³/mol. The van der Waals surface area contributed by atoms with Crippen molar-refractivity contribution < 1.29 is 18.7 Å². The zero-order valence-corrected chi connectivity index (χ0v) is 21.8. The van der Waals surface area contributed by atoms with Gasteiger partial charge in [-0.2, -0.15) is 0 Å². The molecule has 0 saturated heterocycles. The number of nitrogens with zero attached hydrogens (tertiary/aromatic N) is 1. The molecule has 5 saturated carbocycles. The fourth-order valence-corrected chi connectivity index (χ4v) is 8.30. The number of amides is 3. The van der Waals surface area contributed by atoms with E-state index in [0.29, 0.717) is 10.7 Å². The maximum Gasteiger partial charge on any atom is 0.315 e. The first-order valence-corrected chi connectivity index (χ1v) is 14.5. The molecule has 5 aliphatic rings. The minimum atomic E-state index is -0.430. The molecule has 0 unspecified atom stereocenters. The lowest BCUT2D eigenvalue weighted by molar-refractivity contribution is -0.0138. The standard InChI is InChI=1S/C28H35FN4O3S/c29-20-5-1-4-8-24(20)36-15-25-30-23(16-37-25)26(34)31-21-6-2-3-7-22(21)32-27(35)33-28-12-17-9-18(13-28)11-19(10-17)14-28/h1,4-5,8,16-19,21-22H,2-3,6-7,9-15H2,(H,31,34)(H2,32,33,35)/t17?,18?,19?,21-,22+,28?/m1/s1. The van der Waals surface area contributed by atoms with E-state index in [4.69, 9.17) is 4.74 Å². The Morgan fingerprint density at radius 2 is 1.65 bits per heavy atom. The van der Waals surface area contributed by atoms with Crippen LogP contribution < -0.4 is 20.7 Å². The van der Waals surface area contributed by atoms with Crippen LogP contribution in [-0.4, -0.2) is 34.5 Å². The van der Waals surface area contributed by atoms with E-state index in [2.05, 4.69) is 20.9 Å². The van der Waals surface area contributed by atoms with Gasteiger partial charge in [0.1, 0.15) is 17.3 Å². The van der Waals surface area contributed by atoms with E-state index in [0.717, 1.165) is 62.7 Å². The van der Waals surface area contributed by atoms with Gasteiger partial charge in [-0.05, 0) is 81.3 Å². The number of rotatable bonds is 7. The molecule has 198 valence electrons. The SMILES string of the molecule is O=C(N[C@H]1CCCC[C@H]1NC(=O)c1csc(COc2ccccc2F)n1)NC12CC3CC(CC(C3)C1)C2. The Morgan fingerprint density at radius 3 is 2.32 bits per heavy atom. The summed E-state index contributed by atoms with van der Waals surface area (Å²) in [5.41, 5.74) is 0.285. The molecule has 0 radical (unpaired) electrons. The summed E-state index contributed by atoms with van der Waals surface area (Å²) in [6.45, 7) is 0.0942. The summed E-state index contributed by atoms with van der Waals surface area (Å²) in [6.07, 6.45) is 11.1. The molecule has 2 aromatic rings. The fourth-order valence-electron chi connectivity index (χ4n) is 7.61. The second kappa shape index (κ2) is 10.2. The summed E-state index contributed by atoms with van der Waals surface area (Å²) < 4.78 is 19.3. The van der Waals surface area contributed by atoms with Gasteiger partial charge in [-0.25, -0.2) is 14.2 Å². The molecule has 4 bridgehead atoms. The van der Waals surface area contributed by atoms with Crippen molar-refractivity contribution in [3.63, 3.8) is 0 Å². The monoisotopic (exact) mass is 526 g/mol. The van der Waals surface area contributed by atoms with Gasteiger partial charge in [-0.1, -0.05) is 25.0 Å². The summed E-state index contributed by atoms with van der Waals surface area (Å²) in [4.78, 5) is 30.5. The molecule has 5 fully saturated rings. The van der Waals surface area contributed by atoms with Crippen LogP contribution in [0.1, 0.15) is 79.7 Å².